The van der Waals surface area contributed by atoms with Crippen molar-refractivity contribution in [2.75, 3.05) is 0 Å². The number of nitrogens with zero attached hydrogens (tertiary/aromatic N) is 3. The van der Waals surface area contributed by atoms with Gasteiger partial charge in [-0.3, -0.25) is 30.3 Å². The second kappa shape index (κ2) is 15.4. The van der Waals surface area contributed by atoms with Crippen molar-refractivity contribution in [2.45, 2.75) is 0 Å². The van der Waals surface area contributed by atoms with Gasteiger partial charge in [0.25, 0.3) is 17.1 Å². The van der Waals surface area contributed by atoms with Gasteiger partial charge in [-0.2, -0.15) is 0 Å². The molecule has 0 fully saturated rings. The SMILES string of the molecule is O=C([O-])c1ccccc1[N+](=O)[O-].O=C([O-])c1ccccc1[N+](=O)[O-].O=C([O-])c1ccccc1[N+](=O)[O-].[Y+3]. The summed E-state index contributed by atoms with van der Waals surface area (Å²) < 4.78 is 0. The Hall–Kier alpha value is -4.63. The Bertz CT molecular complexity index is 1070. The molecule has 0 saturated heterocycles. The number of hydrogen-bond donors (Lipinski definition) is 0. The molecular formula is C21H12N3O12Y. The van der Waals surface area contributed by atoms with Gasteiger partial charge in [-0.1, -0.05) is 36.4 Å². The van der Waals surface area contributed by atoms with E-state index in [1.54, 1.807) is 0 Å². The van der Waals surface area contributed by atoms with E-state index in [-0.39, 0.29) is 32.7 Å². The quantitative estimate of drug-likeness (QED) is 0.270. The van der Waals surface area contributed by atoms with Crippen molar-refractivity contribution in [3.8, 4) is 0 Å². The van der Waals surface area contributed by atoms with Crippen LogP contribution in [0.4, 0.5) is 17.1 Å². The second-order valence-corrected chi connectivity index (χ2v) is 6.19. The van der Waals surface area contributed by atoms with E-state index < -0.39 is 66.4 Å². The van der Waals surface area contributed by atoms with Crippen LogP contribution in [-0.2, 0) is 32.7 Å². The molecule has 0 spiro atoms. The van der Waals surface area contributed by atoms with E-state index >= 15 is 0 Å². The van der Waals surface area contributed by atoms with Crippen LogP contribution < -0.4 is 15.3 Å². The fourth-order valence-electron chi connectivity index (χ4n) is 2.42. The van der Waals surface area contributed by atoms with Crippen LogP contribution >= 0.6 is 0 Å². The van der Waals surface area contributed by atoms with E-state index in [0.29, 0.717) is 0 Å². The van der Waals surface area contributed by atoms with Gasteiger partial charge in [0.1, 0.15) is 0 Å². The van der Waals surface area contributed by atoms with Gasteiger partial charge in [0, 0.05) is 18.2 Å². The summed E-state index contributed by atoms with van der Waals surface area (Å²) >= 11 is 0. The summed E-state index contributed by atoms with van der Waals surface area (Å²) in [6.07, 6.45) is 0. The molecule has 0 unspecified atom stereocenters. The van der Waals surface area contributed by atoms with Crippen molar-refractivity contribution in [3.05, 3.63) is 120 Å². The molecule has 0 aliphatic rings. The number of carbonyl (C=O) groups is 3. The summed E-state index contributed by atoms with van der Waals surface area (Å²) in [4.78, 5) is 59.4. The van der Waals surface area contributed by atoms with E-state index in [1.807, 2.05) is 0 Å². The maximum Gasteiger partial charge on any atom is 3.00 e. The average molecular weight is 587 g/mol. The molecule has 0 heterocycles. The molecule has 0 radical (unpaired) electrons. The normalized spacial score (nSPS) is 9.08. The van der Waals surface area contributed by atoms with Crippen LogP contribution in [0.3, 0.4) is 0 Å². The molecule has 0 aromatic heterocycles. The first-order chi connectivity index (χ1) is 16.9. The molecule has 0 aliphatic carbocycles. The number of carboxylic acid groups (broad SMARTS) is 3. The fourth-order valence-corrected chi connectivity index (χ4v) is 2.42. The van der Waals surface area contributed by atoms with Crippen LogP contribution in [0.1, 0.15) is 31.1 Å². The predicted octanol–water partition coefficient (Wildman–Crippen LogP) is -0.128. The molecule has 0 aliphatic heterocycles. The molecule has 37 heavy (non-hydrogen) atoms. The van der Waals surface area contributed by atoms with Crippen molar-refractivity contribution in [1.82, 2.24) is 0 Å². The van der Waals surface area contributed by atoms with E-state index in [9.17, 15) is 60.0 Å². The molecule has 0 saturated carbocycles. The standard InChI is InChI=1S/3C7H5NO4.Y/c3*9-7(10)5-3-1-2-4-6(5)8(11)12;/h3*1-4H,(H,9,10);/q;;;+3/p-3. The molecular weight excluding hydrogens is 575 g/mol. The van der Waals surface area contributed by atoms with E-state index in [4.69, 9.17) is 0 Å². The molecule has 0 amide bonds. The van der Waals surface area contributed by atoms with Crippen molar-refractivity contribution in [2.24, 2.45) is 0 Å². The third-order valence-corrected chi connectivity index (χ3v) is 3.96. The zero-order valence-corrected chi connectivity index (χ0v) is 21.1. The first-order valence-electron chi connectivity index (χ1n) is 9.22. The minimum absolute atomic E-state index is 0. The summed E-state index contributed by atoms with van der Waals surface area (Å²) in [6, 6.07) is 15.1. The van der Waals surface area contributed by atoms with E-state index in [0.717, 1.165) is 36.4 Å². The monoisotopic (exact) mass is 587 g/mol. The number of hydrogen-bond acceptors (Lipinski definition) is 12. The van der Waals surface area contributed by atoms with Gasteiger partial charge < -0.3 is 29.7 Å². The van der Waals surface area contributed by atoms with Gasteiger partial charge in [0.05, 0.1) is 49.4 Å². The molecule has 0 bridgehead atoms. The summed E-state index contributed by atoms with van der Waals surface area (Å²) in [5.74, 6) is -4.62. The van der Waals surface area contributed by atoms with Crippen LogP contribution in [0.25, 0.3) is 0 Å². The van der Waals surface area contributed by atoms with Gasteiger partial charge in [-0.25, -0.2) is 0 Å². The Balaban J connectivity index is 0.000000518. The summed E-state index contributed by atoms with van der Waals surface area (Å²) in [6.45, 7) is 0. The number of nitro groups is 3. The first-order valence-corrected chi connectivity index (χ1v) is 9.22. The second-order valence-electron chi connectivity index (χ2n) is 6.19. The van der Waals surface area contributed by atoms with Crippen LogP contribution in [0.5, 0.6) is 0 Å². The van der Waals surface area contributed by atoms with E-state index in [2.05, 4.69) is 0 Å². The van der Waals surface area contributed by atoms with Crippen LogP contribution in [-0.4, -0.2) is 32.7 Å². The number of rotatable bonds is 6. The molecule has 3 aromatic rings. The van der Waals surface area contributed by atoms with Crippen LogP contribution in [0, 0.1) is 30.3 Å². The fraction of sp³-hybridized carbons (Fsp3) is 0. The largest absolute Gasteiger partial charge is 3.00 e. The molecule has 3 aromatic carbocycles. The van der Waals surface area contributed by atoms with Gasteiger partial charge in [-0.05, 0) is 18.2 Å². The number of para-hydroxylation sites is 3. The zero-order valence-electron chi connectivity index (χ0n) is 18.2. The average Bonchev–Trinajstić information content (AvgIpc) is 2.84. The van der Waals surface area contributed by atoms with Crippen LogP contribution in [0.15, 0.2) is 72.8 Å². The zero-order chi connectivity index (χ0) is 27.4. The van der Waals surface area contributed by atoms with Gasteiger partial charge in [-0.15, -0.1) is 0 Å². The van der Waals surface area contributed by atoms with E-state index in [1.165, 1.54) is 36.4 Å². The minimum Gasteiger partial charge on any atom is -0.545 e. The predicted molar refractivity (Wildman–Crippen MR) is 112 cm³/mol. The van der Waals surface area contributed by atoms with Crippen LogP contribution in [0.2, 0.25) is 0 Å². The molecule has 16 heteroatoms. The van der Waals surface area contributed by atoms with Gasteiger partial charge in [0.15, 0.2) is 0 Å². The smallest absolute Gasteiger partial charge is 0.545 e. The number of carbonyl (C=O) groups excluding carboxylic acids is 3. The minimum atomic E-state index is -1.54. The topological polar surface area (TPSA) is 250 Å². The Kier molecular flexibility index (Phi) is 13.5. The summed E-state index contributed by atoms with van der Waals surface area (Å²) in [5.41, 5.74) is -2.54. The van der Waals surface area contributed by atoms with Gasteiger partial charge in [0.2, 0.25) is 0 Å². The van der Waals surface area contributed by atoms with Crippen molar-refractivity contribution in [1.29, 1.82) is 0 Å². The summed E-state index contributed by atoms with van der Waals surface area (Å²) in [5, 5.41) is 61.7. The summed E-state index contributed by atoms with van der Waals surface area (Å²) in [7, 11) is 0. The molecule has 0 atom stereocenters. The number of carboxylic acids is 3. The molecule has 15 nitrogen and oxygen atoms in total. The maximum absolute atomic E-state index is 10.3. The maximum atomic E-state index is 10.3. The Morgan fingerprint density at radius 1 is 0.459 bits per heavy atom. The van der Waals surface area contributed by atoms with Crippen molar-refractivity contribution in [3.63, 3.8) is 0 Å². The molecule has 0 N–H and O–H groups in total. The third kappa shape index (κ3) is 9.87. The first kappa shape index (κ1) is 32.4. The Labute approximate surface area is 231 Å². The Morgan fingerprint density at radius 3 is 0.784 bits per heavy atom. The molecule has 186 valence electrons. The van der Waals surface area contributed by atoms with Gasteiger partial charge >= 0.3 is 32.7 Å². The third-order valence-electron chi connectivity index (χ3n) is 3.96. The van der Waals surface area contributed by atoms with Crippen molar-refractivity contribution >= 4 is 35.0 Å². The number of nitro benzene ring substituents is 3. The number of benzene rings is 3. The van der Waals surface area contributed by atoms with Crippen molar-refractivity contribution < 1.29 is 77.2 Å². The Morgan fingerprint density at radius 2 is 0.649 bits per heavy atom. The number of aromatic carboxylic acids is 3. The molecule has 3 rings (SSSR count).